The Morgan fingerprint density at radius 1 is 1.60 bits per heavy atom. The highest BCUT2D eigenvalue weighted by molar-refractivity contribution is 6.29. The number of aromatic nitrogens is 1. The largest absolute Gasteiger partial charge is 0.383 e. The van der Waals surface area contributed by atoms with E-state index in [0.29, 0.717) is 23.9 Å². The minimum absolute atomic E-state index is 0.0868. The molecule has 0 atom stereocenters. The van der Waals surface area contributed by atoms with Gasteiger partial charge in [0.15, 0.2) is 0 Å². The van der Waals surface area contributed by atoms with Gasteiger partial charge in [-0.15, -0.1) is 0 Å². The van der Waals surface area contributed by atoms with Crippen molar-refractivity contribution in [1.82, 2.24) is 9.88 Å². The molecule has 1 heterocycles. The first-order valence-corrected chi connectivity index (χ1v) is 4.89. The minimum Gasteiger partial charge on any atom is -0.383 e. The fraction of sp³-hybridized carbons (Fsp3) is 0.400. The van der Waals surface area contributed by atoms with Gasteiger partial charge in [0.1, 0.15) is 5.15 Å². The van der Waals surface area contributed by atoms with E-state index in [-0.39, 0.29) is 5.91 Å². The van der Waals surface area contributed by atoms with Crippen molar-refractivity contribution in [2.75, 3.05) is 27.3 Å². The number of methoxy groups -OCH3 is 1. The maximum atomic E-state index is 11.7. The number of nitrogens with zero attached hydrogens (tertiary/aromatic N) is 2. The number of carbonyl (C=O) groups excluding carboxylic acids is 1. The van der Waals surface area contributed by atoms with Crippen LogP contribution >= 0.6 is 11.6 Å². The predicted molar refractivity (Wildman–Crippen MR) is 58.1 cm³/mol. The summed E-state index contributed by atoms with van der Waals surface area (Å²) in [7, 11) is 3.32. The van der Waals surface area contributed by atoms with E-state index in [1.807, 2.05) is 0 Å². The van der Waals surface area contributed by atoms with Crippen molar-refractivity contribution in [3.05, 3.63) is 29.0 Å². The summed E-state index contributed by atoms with van der Waals surface area (Å²) in [6.45, 7) is 1.07. The van der Waals surface area contributed by atoms with E-state index in [1.165, 1.54) is 6.20 Å². The number of likely N-dealkylation sites (N-methyl/N-ethyl adjacent to an activating group) is 1. The van der Waals surface area contributed by atoms with Crippen LogP contribution < -0.4 is 0 Å². The Labute approximate surface area is 93.8 Å². The van der Waals surface area contributed by atoms with E-state index in [1.54, 1.807) is 31.2 Å². The van der Waals surface area contributed by atoms with E-state index in [4.69, 9.17) is 16.3 Å². The van der Waals surface area contributed by atoms with Crippen LogP contribution in [0.4, 0.5) is 0 Å². The number of halogens is 1. The first-order valence-electron chi connectivity index (χ1n) is 4.51. The topological polar surface area (TPSA) is 42.4 Å². The van der Waals surface area contributed by atoms with Crippen LogP contribution in [0.15, 0.2) is 18.3 Å². The Hall–Kier alpha value is -1.13. The first-order chi connectivity index (χ1) is 7.15. The monoisotopic (exact) mass is 228 g/mol. The zero-order valence-electron chi connectivity index (χ0n) is 8.74. The van der Waals surface area contributed by atoms with Crippen molar-refractivity contribution >= 4 is 17.5 Å². The molecule has 0 aromatic carbocycles. The maximum Gasteiger partial charge on any atom is 0.255 e. The fourth-order valence-electron chi connectivity index (χ4n) is 1.05. The number of amides is 1. The first kappa shape index (κ1) is 11.9. The van der Waals surface area contributed by atoms with E-state index in [2.05, 4.69) is 4.98 Å². The predicted octanol–water partition coefficient (Wildman–Crippen LogP) is 1.45. The quantitative estimate of drug-likeness (QED) is 0.733. The molecular weight excluding hydrogens is 216 g/mol. The number of pyridine rings is 1. The second-order valence-corrected chi connectivity index (χ2v) is 3.48. The third kappa shape index (κ3) is 3.49. The molecule has 4 nitrogen and oxygen atoms in total. The van der Waals surface area contributed by atoms with Crippen molar-refractivity contribution in [3.63, 3.8) is 0 Å². The minimum atomic E-state index is -0.0868. The van der Waals surface area contributed by atoms with Gasteiger partial charge in [-0.2, -0.15) is 0 Å². The second-order valence-electron chi connectivity index (χ2n) is 3.09. The molecule has 0 aliphatic rings. The molecule has 1 aromatic rings. The van der Waals surface area contributed by atoms with Gasteiger partial charge in [0.25, 0.3) is 5.91 Å². The van der Waals surface area contributed by atoms with E-state index < -0.39 is 0 Å². The summed E-state index contributed by atoms with van der Waals surface area (Å²) in [5.41, 5.74) is 0.526. The summed E-state index contributed by atoms with van der Waals surface area (Å²) >= 11 is 5.62. The average Bonchev–Trinajstić information content (AvgIpc) is 2.26. The van der Waals surface area contributed by atoms with Crippen LogP contribution in [0.2, 0.25) is 5.15 Å². The molecule has 0 saturated carbocycles. The van der Waals surface area contributed by atoms with Crippen molar-refractivity contribution < 1.29 is 9.53 Å². The van der Waals surface area contributed by atoms with Crippen molar-refractivity contribution in [2.45, 2.75) is 0 Å². The molecule has 0 N–H and O–H groups in total. The molecular formula is C10H13ClN2O2. The molecule has 0 saturated heterocycles. The summed E-state index contributed by atoms with van der Waals surface area (Å²) in [4.78, 5) is 17.2. The van der Waals surface area contributed by atoms with Gasteiger partial charge in [0, 0.05) is 26.9 Å². The summed E-state index contributed by atoms with van der Waals surface area (Å²) in [5.74, 6) is -0.0868. The smallest absolute Gasteiger partial charge is 0.255 e. The van der Waals surface area contributed by atoms with Crippen molar-refractivity contribution in [2.24, 2.45) is 0 Å². The van der Waals surface area contributed by atoms with E-state index in [0.717, 1.165) is 0 Å². The zero-order valence-corrected chi connectivity index (χ0v) is 9.49. The standard InChI is InChI=1S/C10H13ClN2O2/c1-13(5-6-15-2)10(14)8-3-4-9(11)12-7-8/h3-4,7H,5-6H2,1-2H3. The third-order valence-electron chi connectivity index (χ3n) is 1.95. The molecule has 0 unspecified atom stereocenters. The van der Waals surface area contributed by atoms with Gasteiger partial charge < -0.3 is 9.64 Å². The van der Waals surface area contributed by atoms with Gasteiger partial charge in [-0.05, 0) is 12.1 Å². The van der Waals surface area contributed by atoms with Crippen LogP contribution in [-0.2, 0) is 4.74 Å². The normalized spacial score (nSPS) is 10.1. The molecule has 0 aliphatic heterocycles. The molecule has 0 bridgehead atoms. The number of ether oxygens (including phenoxy) is 1. The summed E-state index contributed by atoms with van der Waals surface area (Å²) in [5, 5.41) is 0.381. The molecule has 5 heteroatoms. The van der Waals surface area contributed by atoms with Crippen LogP contribution in [-0.4, -0.2) is 43.1 Å². The third-order valence-corrected chi connectivity index (χ3v) is 2.18. The van der Waals surface area contributed by atoms with Gasteiger partial charge in [-0.1, -0.05) is 11.6 Å². The molecule has 1 aromatic heterocycles. The lowest BCUT2D eigenvalue weighted by Crippen LogP contribution is -2.29. The Kier molecular flexibility index (Phi) is 4.52. The molecule has 1 rings (SSSR count). The molecule has 15 heavy (non-hydrogen) atoms. The van der Waals surface area contributed by atoms with Crippen LogP contribution in [0.25, 0.3) is 0 Å². The van der Waals surface area contributed by atoms with E-state index in [9.17, 15) is 4.79 Å². The summed E-state index contributed by atoms with van der Waals surface area (Å²) < 4.78 is 4.89. The Bertz CT molecular complexity index is 327. The molecule has 0 fully saturated rings. The molecule has 1 amide bonds. The van der Waals surface area contributed by atoms with E-state index >= 15 is 0 Å². The number of hydrogen-bond donors (Lipinski definition) is 0. The van der Waals surface area contributed by atoms with Crippen LogP contribution in [0.5, 0.6) is 0 Å². The van der Waals surface area contributed by atoms with Gasteiger partial charge in [-0.3, -0.25) is 4.79 Å². The Morgan fingerprint density at radius 2 is 2.33 bits per heavy atom. The molecule has 82 valence electrons. The highest BCUT2D eigenvalue weighted by Gasteiger charge is 2.11. The second kappa shape index (κ2) is 5.68. The van der Waals surface area contributed by atoms with Gasteiger partial charge in [-0.25, -0.2) is 4.98 Å². The molecule has 0 radical (unpaired) electrons. The lowest BCUT2D eigenvalue weighted by atomic mass is 10.2. The SMILES string of the molecule is COCCN(C)C(=O)c1ccc(Cl)nc1. The average molecular weight is 229 g/mol. The van der Waals surface area contributed by atoms with Gasteiger partial charge in [0.2, 0.25) is 0 Å². The molecule has 0 spiro atoms. The van der Waals surface area contributed by atoms with Crippen molar-refractivity contribution in [3.8, 4) is 0 Å². The maximum absolute atomic E-state index is 11.7. The van der Waals surface area contributed by atoms with Crippen LogP contribution in [0, 0.1) is 0 Å². The lowest BCUT2D eigenvalue weighted by molar-refractivity contribution is 0.0744. The van der Waals surface area contributed by atoms with Crippen molar-refractivity contribution in [1.29, 1.82) is 0 Å². The Balaban J connectivity index is 2.63. The highest BCUT2D eigenvalue weighted by atomic mass is 35.5. The van der Waals surface area contributed by atoms with Gasteiger partial charge in [0.05, 0.1) is 12.2 Å². The highest BCUT2D eigenvalue weighted by Crippen LogP contribution is 2.07. The van der Waals surface area contributed by atoms with Crippen LogP contribution in [0.1, 0.15) is 10.4 Å². The Morgan fingerprint density at radius 3 is 2.87 bits per heavy atom. The zero-order chi connectivity index (χ0) is 11.3. The summed E-state index contributed by atoms with van der Waals surface area (Å²) in [6, 6.07) is 3.25. The van der Waals surface area contributed by atoms with Gasteiger partial charge >= 0.3 is 0 Å². The number of carbonyl (C=O) groups is 1. The number of hydrogen-bond acceptors (Lipinski definition) is 3. The van der Waals surface area contributed by atoms with Crippen LogP contribution in [0.3, 0.4) is 0 Å². The molecule has 0 aliphatic carbocycles. The summed E-state index contributed by atoms with van der Waals surface area (Å²) in [6.07, 6.45) is 1.47. The fourth-order valence-corrected chi connectivity index (χ4v) is 1.16. The lowest BCUT2D eigenvalue weighted by Gasteiger charge is -2.16. The number of rotatable bonds is 4.